The summed E-state index contributed by atoms with van der Waals surface area (Å²) in [6, 6.07) is 13.3. The Morgan fingerprint density at radius 1 is 1.16 bits per heavy atom. The molecule has 134 valence electrons. The number of hydrogen-bond acceptors (Lipinski definition) is 2. The van der Waals surface area contributed by atoms with Crippen molar-refractivity contribution in [3.05, 3.63) is 64.9 Å². The SMILES string of the molecule is CC.CCC.O=C(NCc1ccccc1)c1cc2cc(Cl)cnc2[nH]1. The van der Waals surface area contributed by atoms with Gasteiger partial charge in [-0.25, -0.2) is 4.98 Å². The van der Waals surface area contributed by atoms with E-state index >= 15 is 0 Å². The van der Waals surface area contributed by atoms with Gasteiger partial charge in [0.05, 0.1) is 5.02 Å². The van der Waals surface area contributed by atoms with Crippen LogP contribution in [-0.2, 0) is 6.54 Å². The van der Waals surface area contributed by atoms with Gasteiger partial charge in [0.25, 0.3) is 5.91 Å². The molecule has 0 radical (unpaired) electrons. The van der Waals surface area contributed by atoms with Gasteiger partial charge in [-0.1, -0.05) is 76.0 Å². The van der Waals surface area contributed by atoms with E-state index in [1.807, 2.05) is 44.2 Å². The van der Waals surface area contributed by atoms with E-state index in [2.05, 4.69) is 29.1 Å². The standard InChI is InChI=1S/C15H12ClN3O.C3H8.C2H6/c16-12-6-11-7-13(19-14(11)17-9-12)15(20)18-8-10-4-2-1-3-5-10;1-3-2;1-2/h1-7,9H,8H2,(H,17,19)(H,18,20);3H2,1-2H3;1-2H3. The van der Waals surface area contributed by atoms with Crippen molar-refractivity contribution in [3.63, 3.8) is 0 Å². The van der Waals surface area contributed by atoms with Gasteiger partial charge >= 0.3 is 0 Å². The van der Waals surface area contributed by atoms with Crippen LogP contribution >= 0.6 is 11.6 Å². The number of aromatic amines is 1. The Kier molecular flexibility index (Phi) is 9.33. The number of aromatic nitrogens is 2. The summed E-state index contributed by atoms with van der Waals surface area (Å²) in [5.74, 6) is -0.164. The number of carbonyl (C=O) groups is 1. The van der Waals surface area contributed by atoms with Crippen molar-refractivity contribution in [2.24, 2.45) is 0 Å². The molecule has 0 aliphatic rings. The predicted molar refractivity (Wildman–Crippen MR) is 106 cm³/mol. The average molecular weight is 360 g/mol. The minimum atomic E-state index is -0.164. The monoisotopic (exact) mass is 359 g/mol. The summed E-state index contributed by atoms with van der Waals surface area (Å²) in [7, 11) is 0. The summed E-state index contributed by atoms with van der Waals surface area (Å²) in [6.07, 6.45) is 2.80. The molecule has 2 N–H and O–H groups in total. The van der Waals surface area contributed by atoms with Crippen LogP contribution in [-0.4, -0.2) is 15.9 Å². The molecule has 0 spiro atoms. The molecule has 25 heavy (non-hydrogen) atoms. The van der Waals surface area contributed by atoms with E-state index in [0.717, 1.165) is 10.9 Å². The number of H-pyrrole nitrogens is 1. The van der Waals surface area contributed by atoms with E-state index in [1.165, 1.54) is 6.42 Å². The maximum atomic E-state index is 12.1. The lowest BCUT2D eigenvalue weighted by Gasteiger charge is -2.03. The van der Waals surface area contributed by atoms with Gasteiger partial charge in [0.2, 0.25) is 0 Å². The van der Waals surface area contributed by atoms with Crippen LogP contribution in [0.25, 0.3) is 11.0 Å². The molecule has 2 heterocycles. The number of fused-ring (bicyclic) bond motifs is 1. The smallest absolute Gasteiger partial charge is 0.268 e. The number of hydrogen-bond donors (Lipinski definition) is 2. The maximum absolute atomic E-state index is 12.1. The first-order valence-electron chi connectivity index (χ1n) is 8.60. The van der Waals surface area contributed by atoms with Crippen molar-refractivity contribution in [1.82, 2.24) is 15.3 Å². The predicted octanol–water partition coefficient (Wildman–Crippen LogP) is 5.59. The van der Waals surface area contributed by atoms with Crippen molar-refractivity contribution >= 4 is 28.5 Å². The Morgan fingerprint density at radius 3 is 2.44 bits per heavy atom. The van der Waals surface area contributed by atoms with Gasteiger partial charge < -0.3 is 10.3 Å². The molecular weight excluding hydrogens is 334 g/mol. The normalized spacial score (nSPS) is 9.48. The molecule has 5 heteroatoms. The number of benzene rings is 1. The summed E-state index contributed by atoms with van der Waals surface area (Å²) in [4.78, 5) is 19.2. The summed E-state index contributed by atoms with van der Waals surface area (Å²) in [5, 5.41) is 4.23. The number of carbonyl (C=O) groups excluding carboxylic acids is 1. The second-order valence-corrected chi connectivity index (χ2v) is 5.59. The third-order valence-corrected chi connectivity index (χ3v) is 3.18. The molecule has 0 aliphatic heterocycles. The molecule has 0 atom stereocenters. The van der Waals surface area contributed by atoms with Crippen LogP contribution in [0.5, 0.6) is 0 Å². The molecule has 4 nitrogen and oxygen atoms in total. The average Bonchev–Trinajstić information content (AvgIpc) is 3.06. The van der Waals surface area contributed by atoms with Crippen molar-refractivity contribution in [1.29, 1.82) is 0 Å². The van der Waals surface area contributed by atoms with Crippen molar-refractivity contribution < 1.29 is 4.79 Å². The van der Waals surface area contributed by atoms with E-state index in [0.29, 0.717) is 22.9 Å². The molecule has 0 saturated heterocycles. The summed E-state index contributed by atoms with van der Waals surface area (Å²) < 4.78 is 0. The Labute approximate surface area is 154 Å². The van der Waals surface area contributed by atoms with E-state index in [1.54, 1.807) is 18.3 Å². The van der Waals surface area contributed by atoms with E-state index < -0.39 is 0 Å². The van der Waals surface area contributed by atoms with Crippen molar-refractivity contribution in [3.8, 4) is 0 Å². The fourth-order valence-electron chi connectivity index (χ4n) is 1.98. The summed E-state index contributed by atoms with van der Waals surface area (Å²) in [6.45, 7) is 8.74. The van der Waals surface area contributed by atoms with Gasteiger partial charge in [-0.2, -0.15) is 0 Å². The Balaban J connectivity index is 0.000000567. The highest BCUT2D eigenvalue weighted by Gasteiger charge is 2.10. The highest BCUT2D eigenvalue weighted by Crippen LogP contribution is 2.17. The van der Waals surface area contributed by atoms with Crippen LogP contribution in [0.2, 0.25) is 5.02 Å². The van der Waals surface area contributed by atoms with Gasteiger partial charge in [-0.05, 0) is 17.7 Å². The molecule has 1 aromatic carbocycles. The zero-order chi connectivity index (χ0) is 18.7. The largest absolute Gasteiger partial charge is 0.347 e. The van der Waals surface area contributed by atoms with E-state index in [4.69, 9.17) is 11.6 Å². The van der Waals surface area contributed by atoms with Crippen molar-refractivity contribution in [2.45, 2.75) is 40.7 Å². The van der Waals surface area contributed by atoms with Gasteiger partial charge in [-0.15, -0.1) is 0 Å². The number of amides is 1. The van der Waals surface area contributed by atoms with Crippen LogP contribution < -0.4 is 5.32 Å². The quantitative estimate of drug-likeness (QED) is 0.640. The molecule has 3 rings (SSSR count). The zero-order valence-corrected chi connectivity index (χ0v) is 16.0. The molecule has 0 bridgehead atoms. The zero-order valence-electron chi connectivity index (χ0n) is 15.3. The molecule has 0 aliphatic carbocycles. The summed E-state index contributed by atoms with van der Waals surface area (Å²) >= 11 is 5.87. The number of pyridine rings is 1. The highest BCUT2D eigenvalue weighted by molar-refractivity contribution is 6.31. The minimum Gasteiger partial charge on any atom is -0.347 e. The fraction of sp³-hybridized carbons (Fsp3) is 0.300. The number of halogens is 1. The van der Waals surface area contributed by atoms with E-state index in [9.17, 15) is 4.79 Å². The van der Waals surface area contributed by atoms with Crippen LogP contribution in [0.1, 0.15) is 50.2 Å². The Hall–Kier alpha value is -2.33. The molecule has 2 aromatic heterocycles. The second kappa shape index (κ2) is 11.3. The Bertz CT molecular complexity index is 769. The van der Waals surface area contributed by atoms with Crippen LogP contribution in [0.4, 0.5) is 0 Å². The van der Waals surface area contributed by atoms with Gasteiger partial charge in [-0.3, -0.25) is 4.79 Å². The first-order valence-corrected chi connectivity index (χ1v) is 8.98. The molecule has 0 unspecified atom stereocenters. The molecule has 1 amide bonds. The van der Waals surface area contributed by atoms with Gasteiger partial charge in [0.15, 0.2) is 0 Å². The lowest BCUT2D eigenvalue weighted by molar-refractivity contribution is 0.0946. The number of nitrogens with zero attached hydrogens (tertiary/aromatic N) is 1. The van der Waals surface area contributed by atoms with Crippen LogP contribution in [0.15, 0.2) is 48.7 Å². The first-order chi connectivity index (χ1) is 12.1. The third kappa shape index (κ3) is 6.59. The summed E-state index contributed by atoms with van der Waals surface area (Å²) in [5.41, 5.74) is 2.18. The molecule has 3 aromatic rings. The van der Waals surface area contributed by atoms with Gasteiger partial charge in [0, 0.05) is 18.1 Å². The highest BCUT2D eigenvalue weighted by atomic mass is 35.5. The number of rotatable bonds is 3. The first kappa shape index (κ1) is 20.7. The molecule has 0 saturated carbocycles. The third-order valence-electron chi connectivity index (χ3n) is 2.98. The topological polar surface area (TPSA) is 57.8 Å². The molecular formula is C20H26ClN3O. The van der Waals surface area contributed by atoms with Gasteiger partial charge in [0.1, 0.15) is 11.3 Å². The fourth-order valence-corrected chi connectivity index (χ4v) is 2.15. The lowest BCUT2D eigenvalue weighted by Crippen LogP contribution is -2.22. The Morgan fingerprint density at radius 2 is 1.80 bits per heavy atom. The second-order valence-electron chi connectivity index (χ2n) is 5.15. The molecule has 0 fully saturated rings. The minimum absolute atomic E-state index is 0.164. The van der Waals surface area contributed by atoms with E-state index in [-0.39, 0.29) is 5.91 Å². The lowest BCUT2D eigenvalue weighted by atomic mass is 10.2. The number of nitrogens with one attached hydrogen (secondary N) is 2. The van der Waals surface area contributed by atoms with Crippen LogP contribution in [0, 0.1) is 0 Å². The van der Waals surface area contributed by atoms with Crippen molar-refractivity contribution in [2.75, 3.05) is 0 Å². The maximum Gasteiger partial charge on any atom is 0.268 e. The van der Waals surface area contributed by atoms with Crippen LogP contribution in [0.3, 0.4) is 0 Å².